The van der Waals surface area contributed by atoms with E-state index in [4.69, 9.17) is 11.6 Å². The Balaban J connectivity index is 1.93. The van der Waals surface area contributed by atoms with Crippen LogP contribution in [0.5, 0.6) is 0 Å². The van der Waals surface area contributed by atoms with E-state index in [-0.39, 0.29) is 0 Å². The fourth-order valence-electron chi connectivity index (χ4n) is 3.64. The Hall–Kier alpha value is -2.29. The molecule has 0 aromatic heterocycles. The van der Waals surface area contributed by atoms with Crippen molar-refractivity contribution in [3.05, 3.63) is 94.5 Å². The van der Waals surface area contributed by atoms with Crippen molar-refractivity contribution in [3.63, 3.8) is 0 Å². The van der Waals surface area contributed by atoms with Crippen LogP contribution in [0.15, 0.2) is 72.8 Å². The molecular weight excluding hydrogens is 330 g/mol. The zero-order valence-corrected chi connectivity index (χ0v) is 14.9. The number of nitrogens with zero attached hydrogens (tertiary/aromatic N) is 1. The van der Waals surface area contributed by atoms with Crippen LogP contribution in [0.1, 0.15) is 23.6 Å². The maximum atomic E-state index is 11.2. The van der Waals surface area contributed by atoms with Crippen LogP contribution in [0.4, 0.5) is 11.4 Å². The predicted octanol–water partition coefficient (Wildman–Crippen LogP) is 5.44. The van der Waals surface area contributed by atoms with Crippen molar-refractivity contribution in [2.45, 2.75) is 25.5 Å². The number of aliphatic hydroxyl groups is 1. The van der Waals surface area contributed by atoms with Gasteiger partial charge in [-0.05, 0) is 36.2 Å². The largest absolute Gasteiger partial charge is 0.385 e. The maximum Gasteiger partial charge on any atom is 0.0929 e. The van der Waals surface area contributed by atoms with Crippen LogP contribution in [-0.4, -0.2) is 5.11 Å². The van der Waals surface area contributed by atoms with Crippen molar-refractivity contribution in [2.24, 2.45) is 0 Å². The summed E-state index contributed by atoms with van der Waals surface area (Å²) >= 11 is 6.31. The molecule has 1 aliphatic heterocycles. The quantitative estimate of drug-likeness (QED) is 0.665. The number of anilines is 2. The van der Waals surface area contributed by atoms with Crippen LogP contribution in [-0.2, 0) is 18.6 Å². The minimum atomic E-state index is -0.943. The molecule has 126 valence electrons. The summed E-state index contributed by atoms with van der Waals surface area (Å²) in [5, 5.41) is 11.8. The molecule has 1 unspecified atom stereocenters. The van der Waals surface area contributed by atoms with Gasteiger partial charge in [-0.3, -0.25) is 0 Å². The van der Waals surface area contributed by atoms with Gasteiger partial charge in [0.2, 0.25) is 0 Å². The topological polar surface area (TPSA) is 23.5 Å². The van der Waals surface area contributed by atoms with E-state index < -0.39 is 5.60 Å². The average molecular weight is 350 g/mol. The van der Waals surface area contributed by atoms with Crippen LogP contribution in [0.25, 0.3) is 0 Å². The third-order valence-electron chi connectivity index (χ3n) is 4.83. The van der Waals surface area contributed by atoms with E-state index in [2.05, 4.69) is 29.2 Å². The van der Waals surface area contributed by atoms with Crippen LogP contribution >= 0.6 is 11.6 Å². The minimum Gasteiger partial charge on any atom is -0.385 e. The number of hydrogen-bond acceptors (Lipinski definition) is 2. The molecule has 1 atom stereocenters. The van der Waals surface area contributed by atoms with Gasteiger partial charge in [0.15, 0.2) is 0 Å². The Morgan fingerprint density at radius 3 is 2.48 bits per heavy atom. The highest BCUT2D eigenvalue weighted by molar-refractivity contribution is 6.30. The summed E-state index contributed by atoms with van der Waals surface area (Å²) in [7, 11) is 0. The van der Waals surface area contributed by atoms with Crippen molar-refractivity contribution in [3.8, 4) is 0 Å². The molecule has 3 heteroatoms. The first-order chi connectivity index (χ1) is 12.0. The summed E-state index contributed by atoms with van der Waals surface area (Å²) in [4.78, 5) is 2.26. The molecule has 1 heterocycles. The lowest BCUT2D eigenvalue weighted by Crippen LogP contribution is -2.24. The molecule has 0 bridgehead atoms. The highest BCUT2D eigenvalue weighted by atomic mass is 35.5. The number of benzene rings is 3. The second kappa shape index (κ2) is 6.21. The van der Waals surface area contributed by atoms with E-state index in [9.17, 15) is 5.11 Å². The highest BCUT2D eigenvalue weighted by Crippen LogP contribution is 2.44. The Morgan fingerprint density at radius 2 is 1.68 bits per heavy atom. The number of halogens is 1. The third kappa shape index (κ3) is 3.04. The molecule has 0 amide bonds. The summed E-state index contributed by atoms with van der Waals surface area (Å²) in [6.45, 7) is 2.60. The lowest BCUT2D eigenvalue weighted by Gasteiger charge is -2.29. The summed E-state index contributed by atoms with van der Waals surface area (Å²) in [5.74, 6) is 0. The predicted molar refractivity (Wildman–Crippen MR) is 103 cm³/mol. The molecule has 3 aromatic rings. The number of rotatable bonds is 2. The first-order valence-corrected chi connectivity index (χ1v) is 8.84. The van der Waals surface area contributed by atoms with Gasteiger partial charge in [-0.25, -0.2) is 0 Å². The van der Waals surface area contributed by atoms with E-state index in [0.717, 1.165) is 29.0 Å². The SMILES string of the molecule is CC1(O)Cc2ccccc2N(Cc2ccccc2)c2cc(Cl)ccc21. The standard InChI is InChI=1S/C22H20ClNO/c1-22(25)14-17-9-5-6-10-20(17)24(15-16-7-3-2-4-8-16)21-13-18(23)11-12-19(21)22/h2-13,25H,14-15H2,1H3. The van der Waals surface area contributed by atoms with Gasteiger partial charge in [-0.2, -0.15) is 0 Å². The Labute approximate surface area is 153 Å². The molecule has 0 saturated heterocycles. The lowest BCUT2D eigenvalue weighted by molar-refractivity contribution is 0.0591. The molecule has 0 fully saturated rings. The Morgan fingerprint density at radius 1 is 0.960 bits per heavy atom. The molecule has 1 N–H and O–H groups in total. The van der Waals surface area contributed by atoms with Crippen LogP contribution in [0, 0.1) is 0 Å². The van der Waals surface area contributed by atoms with Gasteiger partial charge in [0.1, 0.15) is 0 Å². The molecule has 25 heavy (non-hydrogen) atoms. The molecule has 0 saturated carbocycles. The average Bonchev–Trinajstić information content (AvgIpc) is 2.69. The fourth-order valence-corrected chi connectivity index (χ4v) is 3.81. The first kappa shape index (κ1) is 16.2. The van der Waals surface area contributed by atoms with Crippen LogP contribution < -0.4 is 4.90 Å². The van der Waals surface area contributed by atoms with Gasteiger partial charge in [-0.15, -0.1) is 0 Å². The zero-order chi connectivity index (χ0) is 17.4. The number of hydrogen-bond donors (Lipinski definition) is 1. The monoisotopic (exact) mass is 349 g/mol. The first-order valence-electron chi connectivity index (χ1n) is 8.46. The van der Waals surface area contributed by atoms with Gasteiger partial charge < -0.3 is 10.0 Å². The van der Waals surface area contributed by atoms with Gasteiger partial charge in [-0.1, -0.05) is 66.2 Å². The van der Waals surface area contributed by atoms with Crippen molar-refractivity contribution in [1.29, 1.82) is 0 Å². The summed E-state index contributed by atoms with van der Waals surface area (Å²) in [6.07, 6.45) is 0.573. The van der Waals surface area contributed by atoms with Crippen molar-refractivity contribution in [2.75, 3.05) is 4.90 Å². The molecule has 2 nitrogen and oxygen atoms in total. The van der Waals surface area contributed by atoms with Crippen molar-refractivity contribution in [1.82, 2.24) is 0 Å². The molecular formula is C22H20ClNO. The molecule has 0 radical (unpaired) electrons. The van der Waals surface area contributed by atoms with Gasteiger partial charge in [0, 0.05) is 34.9 Å². The van der Waals surface area contributed by atoms with E-state index in [0.29, 0.717) is 11.4 Å². The van der Waals surface area contributed by atoms with E-state index >= 15 is 0 Å². The zero-order valence-electron chi connectivity index (χ0n) is 14.1. The van der Waals surface area contributed by atoms with Crippen LogP contribution in [0.3, 0.4) is 0 Å². The molecule has 4 rings (SSSR count). The van der Waals surface area contributed by atoms with E-state index in [1.165, 1.54) is 5.56 Å². The molecule has 3 aromatic carbocycles. The lowest BCUT2D eigenvalue weighted by atomic mass is 9.89. The van der Waals surface area contributed by atoms with Crippen molar-refractivity contribution >= 4 is 23.0 Å². The summed E-state index contributed by atoms with van der Waals surface area (Å²) in [6, 6.07) is 24.4. The second-order valence-corrected chi connectivity index (χ2v) is 7.25. The third-order valence-corrected chi connectivity index (χ3v) is 5.07. The Kier molecular flexibility index (Phi) is 4.03. The number of fused-ring (bicyclic) bond motifs is 2. The fraction of sp³-hybridized carbons (Fsp3) is 0.182. The molecule has 0 aliphatic carbocycles. The highest BCUT2D eigenvalue weighted by Gasteiger charge is 2.33. The van der Waals surface area contributed by atoms with Gasteiger partial charge in [0.05, 0.1) is 5.60 Å². The smallest absolute Gasteiger partial charge is 0.0929 e. The molecule has 1 aliphatic rings. The van der Waals surface area contributed by atoms with E-state index in [1.807, 2.05) is 55.5 Å². The normalized spacial score (nSPS) is 19.1. The number of para-hydroxylation sites is 1. The minimum absolute atomic E-state index is 0.573. The van der Waals surface area contributed by atoms with Crippen molar-refractivity contribution < 1.29 is 5.11 Å². The summed E-state index contributed by atoms with van der Waals surface area (Å²) < 4.78 is 0. The molecule has 0 spiro atoms. The van der Waals surface area contributed by atoms with Crippen LogP contribution in [0.2, 0.25) is 5.02 Å². The van der Waals surface area contributed by atoms with Gasteiger partial charge in [0.25, 0.3) is 0 Å². The van der Waals surface area contributed by atoms with E-state index in [1.54, 1.807) is 0 Å². The second-order valence-electron chi connectivity index (χ2n) is 6.81. The summed E-state index contributed by atoms with van der Waals surface area (Å²) in [5.41, 5.74) is 4.39. The van der Waals surface area contributed by atoms with Gasteiger partial charge >= 0.3 is 0 Å². The Bertz CT molecular complexity index is 905. The maximum absolute atomic E-state index is 11.2.